The van der Waals surface area contributed by atoms with Crippen LogP contribution < -0.4 is 10.1 Å². The first-order valence-corrected chi connectivity index (χ1v) is 10.1. The van der Waals surface area contributed by atoms with Crippen molar-refractivity contribution in [3.05, 3.63) is 71.4 Å². The number of hydrogen-bond donors (Lipinski definition) is 2. The molecule has 0 saturated heterocycles. The van der Waals surface area contributed by atoms with E-state index in [0.29, 0.717) is 18.8 Å². The monoisotopic (exact) mass is 412 g/mol. The highest BCUT2D eigenvalue weighted by Gasteiger charge is 2.21. The zero-order valence-corrected chi connectivity index (χ0v) is 16.7. The number of thiophene rings is 1. The first-order chi connectivity index (χ1) is 14.0. The molecule has 0 fully saturated rings. The second-order valence-corrected chi connectivity index (χ2v) is 8.10. The predicted octanol–water partition coefficient (Wildman–Crippen LogP) is 4.62. The van der Waals surface area contributed by atoms with Gasteiger partial charge >= 0.3 is 0 Å². The molecule has 29 heavy (non-hydrogen) atoms. The Balaban J connectivity index is 1.34. The summed E-state index contributed by atoms with van der Waals surface area (Å²) in [6.45, 7) is 2.71. The minimum Gasteiger partial charge on any atom is -0.491 e. The van der Waals surface area contributed by atoms with E-state index in [0.717, 1.165) is 27.1 Å². The number of nitrogens with zero attached hydrogens (tertiary/aromatic N) is 1. The van der Waals surface area contributed by atoms with Gasteiger partial charge in [-0.2, -0.15) is 0 Å². The summed E-state index contributed by atoms with van der Waals surface area (Å²) in [5, 5.41) is 19.9. The van der Waals surface area contributed by atoms with Gasteiger partial charge in [-0.15, -0.1) is 11.3 Å². The van der Waals surface area contributed by atoms with E-state index in [4.69, 9.17) is 9.26 Å². The van der Waals surface area contributed by atoms with E-state index in [1.807, 2.05) is 35.7 Å². The number of aliphatic hydroxyl groups is 1. The average molecular weight is 412 g/mol. The Hall–Kier alpha value is -2.74. The Morgan fingerprint density at radius 1 is 1.21 bits per heavy atom. The van der Waals surface area contributed by atoms with Crippen molar-refractivity contribution in [2.45, 2.75) is 19.1 Å². The molecule has 5 nitrogen and oxygen atoms in total. The Morgan fingerprint density at radius 3 is 2.86 bits per heavy atom. The molecule has 150 valence electrons. The van der Waals surface area contributed by atoms with Gasteiger partial charge in [-0.3, -0.25) is 0 Å². The van der Waals surface area contributed by atoms with Crippen molar-refractivity contribution in [1.29, 1.82) is 0 Å². The Kier molecular flexibility index (Phi) is 5.62. The number of benzene rings is 2. The molecule has 2 heterocycles. The van der Waals surface area contributed by atoms with Crippen LogP contribution in [-0.2, 0) is 6.54 Å². The molecule has 2 aromatic carbocycles. The smallest absolute Gasteiger partial charge is 0.178 e. The second kappa shape index (κ2) is 8.32. The lowest BCUT2D eigenvalue weighted by atomic mass is 10.1. The van der Waals surface area contributed by atoms with Crippen LogP contribution in [-0.4, -0.2) is 29.0 Å². The number of ether oxygens (including phenoxy) is 1. The zero-order valence-electron chi connectivity index (χ0n) is 15.9. The number of rotatable bonds is 8. The van der Waals surface area contributed by atoms with Crippen molar-refractivity contribution in [2.24, 2.45) is 0 Å². The van der Waals surface area contributed by atoms with Gasteiger partial charge in [0.2, 0.25) is 0 Å². The van der Waals surface area contributed by atoms with Gasteiger partial charge in [0.1, 0.15) is 34.2 Å². The summed E-state index contributed by atoms with van der Waals surface area (Å²) in [5.41, 5.74) is 2.34. The minimum atomic E-state index is -1.06. The van der Waals surface area contributed by atoms with Crippen LogP contribution in [0.1, 0.15) is 12.5 Å². The lowest BCUT2D eigenvalue weighted by Gasteiger charge is -2.24. The van der Waals surface area contributed by atoms with E-state index < -0.39 is 5.60 Å². The minimum absolute atomic E-state index is 0.125. The van der Waals surface area contributed by atoms with Crippen molar-refractivity contribution in [1.82, 2.24) is 10.5 Å². The predicted molar refractivity (Wildman–Crippen MR) is 112 cm³/mol. The molecule has 4 rings (SSSR count). The summed E-state index contributed by atoms with van der Waals surface area (Å²) in [5.74, 6) is 0.385. The summed E-state index contributed by atoms with van der Waals surface area (Å²) in [4.78, 5) is 0. The van der Waals surface area contributed by atoms with E-state index in [2.05, 4.69) is 10.5 Å². The van der Waals surface area contributed by atoms with Gasteiger partial charge < -0.3 is 19.7 Å². The number of halogens is 1. The van der Waals surface area contributed by atoms with Crippen molar-refractivity contribution < 1.29 is 18.8 Å². The SMILES string of the molecule is C[C@@](O)(CNCc1ccc(F)cc1)COc1cccc(-c2noc3ccsc23)c1. The summed E-state index contributed by atoms with van der Waals surface area (Å²) in [6, 6.07) is 15.7. The number of nitrogens with one attached hydrogen (secondary N) is 1. The lowest BCUT2D eigenvalue weighted by Crippen LogP contribution is -2.42. The lowest BCUT2D eigenvalue weighted by molar-refractivity contribution is 0.0121. The maximum atomic E-state index is 13.0. The highest BCUT2D eigenvalue weighted by Crippen LogP contribution is 2.33. The Morgan fingerprint density at radius 2 is 2.03 bits per heavy atom. The quantitative estimate of drug-likeness (QED) is 0.442. The molecule has 0 spiro atoms. The third-order valence-electron chi connectivity index (χ3n) is 4.48. The van der Waals surface area contributed by atoms with Crippen LogP contribution in [0, 0.1) is 5.82 Å². The largest absolute Gasteiger partial charge is 0.491 e. The highest BCUT2D eigenvalue weighted by atomic mass is 32.1. The van der Waals surface area contributed by atoms with E-state index >= 15 is 0 Å². The van der Waals surface area contributed by atoms with E-state index in [-0.39, 0.29) is 12.4 Å². The molecule has 0 unspecified atom stereocenters. The fraction of sp³-hybridized carbons (Fsp3) is 0.227. The molecule has 7 heteroatoms. The van der Waals surface area contributed by atoms with Crippen LogP contribution in [0.2, 0.25) is 0 Å². The molecule has 2 aromatic heterocycles. The molecule has 0 bridgehead atoms. The van der Waals surface area contributed by atoms with Crippen molar-refractivity contribution in [3.63, 3.8) is 0 Å². The van der Waals surface area contributed by atoms with Crippen LogP contribution in [0.25, 0.3) is 21.5 Å². The molecule has 2 N–H and O–H groups in total. The molecule has 1 atom stereocenters. The molecule has 4 aromatic rings. The zero-order chi connectivity index (χ0) is 20.3. The van der Waals surface area contributed by atoms with Crippen molar-refractivity contribution >= 4 is 21.6 Å². The van der Waals surface area contributed by atoms with Crippen LogP contribution in [0.4, 0.5) is 4.39 Å². The molecular weight excluding hydrogens is 391 g/mol. The van der Waals surface area contributed by atoms with E-state index in [1.165, 1.54) is 12.1 Å². The van der Waals surface area contributed by atoms with Crippen LogP contribution in [0.15, 0.2) is 64.5 Å². The fourth-order valence-electron chi connectivity index (χ4n) is 2.96. The summed E-state index contributed by atoms with van der Waals surface area (Å²) < 4.78 is 25.1. The van der Waals surface area contributed by atoms with Crippen molar-refractivity contribution in [3.8, 4) is 17.0 Å². The Labute approximate surface area is 171 Å². The van der Waals surface area contributed by atoms with Gasteiger partial charge in [-0.25, -0.2) is 4.39 Å². The van der Waals surface area contributed by atoms with Gasteiger partial charge in [-0.05, 0) is 48.2 Å². The number of aromatic nitrogens is 1. The fourth-order valence-corrected chi connectivity index (χ4v) is 3.78. The summed E-state index contributed by atoms with van der Waals surface area (Å²) in [7, 11) is 0. The third kappa shape index (κ3) is 4.82. The van der Waals surface area contributed by atoms with Gasteiger partial charge in [0.15, 0.2) is 5.58 Å². The maximum Gasteiger partial charge on any atom is 0.178 e. The van der Waals surface area contributed by atoms with Crippen LogP contribution in [0.5, 0.6) is 5.75 Å². The maximum absolute atomic E-state index is 13.0. The highest BCUT2D eigenvalue weighted by molar-refractivity contribution is 7.17. The van der Waals surface area contributed by atoms with E-state index in [1.54, 1.807) is 30.4 Å². The second-order valence-electron chi connectivity index (χ2n) is 7.19. The first-order valence-electron chi connectivity index (χ1n) is 9.24. The number of hydrogen-bond acceptors (Lipinski definition) is 6. The molecule has 0 aliphatic rings. The van der Waals surface area contributed by atoms with Gasteiger partial charge in [0.05, 0.1) is 0 Å². The topological polar surface area (TPSA) is 67.5 Å². The molecule has 0 amide bonds. The molecule has 0 aliphatic heterocycles. The van der Waals surface area contributed by atoms with E-state index in [9.17, 15) is 9.50 Å². The molecule has 0 radical (unpaired) electrons. The Bertz CT molecular complexity index is 1090. The molecular formula is C22H21FN2O3S. The third-order valence-corrected chi connectivity index (χ3v) is 5.39. The van der Waals surface area contributed by atoms with Crippen molar-refractivity contribution in [2.75, 3.05) is 13.2 Å². The van der Waals surface area contributed by atoms with Crippen LogP contribution >= 0.6 is 11.3 Å². The average Bonchev–Trinajstić information content (AvgIpc) is 3.32. The first kappa shape index (κ1) is 19.6. The normalized spacial score (nSPS) is 13.5. The van der Waals surface area contributed by atoms with Gasteiger partial charge in [0.25, 0.3) is 0 Å². The standard InChI is InChI=1S/C22H21FN2O3S/c1-22(26,13-24-12-15-5-7-17(23)8-6-15)14-27-18-4-2-3-16(11-18)20-21-19(28-25-20)9-10-29-21/h2-11,24,26H,12-14H2,1H3/t22-/m1/s1. The molecule has 0 saturated carbocycles. The van der Waals surface area contributed by atoms with Gasteiger partial charge in [0, 0.05) is 18.7 Å². The molecule has 0 aliphatic carbocycles. The summed E-state index contributed by atoms with van der Waals surface area (Å²) >= 11 is 1.58. The van der Waals surface area contributed by atoms with Gasteiger partial charge in [-0.1, -0.05) is 29.4 Å². The van der Waals surface area contributed by atoms with Crippen LogP contribution in [0.3, 0.4) is 0 Å². The number of fused-ring (bicyclic) bond motifs is 1. The summed E-state index contributed by atoms with van der Waals surface area (Å²) in [6.07, 6.45) is 0.